The number of rotatable bonds is 5. The molecule has 6 heteroatoms. The molecule has 3 rings (SSSR count). The van der Waals surface area contributed by atoms with Gasteiger partial charge in [-0.25, -0.2) is 4.98 Å². The lowest BCUT2D eigenvalue weighted by Gasteiger charge is -2.14. The Hall–Kier alpha value is -2.89. The van der Waals surface area contributed by atoms with Gasteiger partial charge in [-0.15, -0.1) is 0 Å². The minimum absolute atomic E-state index is 0.0522. The number of aromatic amines is 1. The average molecular weight is 337 g/mol. The second-order valence-corrected chi connectivity index (χ2v) is 6.18. The molecule has 0 bridgehead atoms. The van der Waals surface area contributed by atoms with Crippen molar-refractivity contribution in [3.8, 4) is 11.4 Å². The van der Waals surface area contributed by atoms with Crippen LogP contribution in [0.25, 0.3) is 11.4 Å². The lowest BCUT2D eigenvalue weighted by Crippen LogP contribution is -2.19. The summed E-state index contributed by atoms with van der Waals surface area (Å²) in [6.07, 6.45) is 3.74. The number of anilines is 1. The second kappa shape index (κ2) is 6.93. The molecule has 0 unspecified atom stereocenters. The van der Waals surface area contributed by atoms with Crippen molar-refractivity contribution in [3.63, 3.8) is 0 Å². The van der Waals surface area contributed by atoms with Crippen LogP contribution < -0.4 is 5.32 Å². The Balaban J connectivity index is 1.82. The number of hydrogen-bond donors (Lipinski definition) is 2. The molecule has 2 heterocycles. The van der Waals surface area contributed by atoms with Gasteiger partial charge >= 0.3 is 0 Å². The molecule has 1 amide bonds. The van der Waals surface area contributed by atoms with Crippen molar-refractivity contribution in [1.29, 1.82) is 0 Å². The third-order valence-corrected chi connectivity index (χ3v) is 4.46. The van der Waals surface area contributed by atoms with Gasteiger partial charge in [-0.2, -0.15) is 5.10 Å². The lowest BCUT2D eigenvalue weighted by molar-refractivity contribution is -0.117. The molecule has 1 aromatic carbocycles. The van der Waals surface area contributed by atoms with E-state index in [0.717, 1.165) is 40.6 Å². The maximum Gasteiger partial charge on any atom is 0.231 e. The standard InChI is InChI=1S/C19H23N5O/c1-5-24-10-9-20-18(24)15-7-6-8-16(11-15)21-19(25)12(2)17-13(3)22-23-14(17)4/h6-12H,5H2,1-4H3,(H,21,25)(H,22,23)/t12-/m1/s1. The van der Waals surface area contributed by atoms with Crippen LogP contribution in [-0.4, -0.2) is 25.7 Å². The molecule has 1 atom stereocenters. The first-order chi connectivity index (χ1) is 12.0. The summed E-state index contributed by atoms with van der Waals surface area (Å²) in [5.74, 6) is 0.566. The van der Waals surface area contributed by atoms with E-state index in [9.17, 15) is 4.79 Å². The average Bonchev–Trinajstić information content (AvgIpc) is 3.21. The van der Waals surface area contributed by atoms with Gasteiger partial charge in [0, 0.05) is 41.4 Å². The van der Waals surface area contributed by atoms with Crippen LogP contribution in [0.1, 0.15) is 36.7 Å². The van der Waals surface area contributed by atoms with Crippen LogP contribution in [0, 0.1) is 13.8 Å². The lowest BCUT2D eigenvalue weighted by atomic mass is 9.98. The quantitative estimate of drug-likeness (QED) is 0.746. The van der Waals surface area contributed by atoms with Crippen LogP contribution in [0.2, 0.25) is 0 Å². The molecule has 0 radical (unpaired) electrons. The van der Waals surface area contributed by atoms with Crippen molar-refractivity contribution >= 4 is 11.6 Å². The zero-order valence-electron chi connectivity index (χ0n) is 15.0. The van der Waals surface area contributed by atoms with Crippen molar-refractivity contribution in [1.82, 2.24) is 19.7 Å². The van der Waals surface area contributed by atoms with Crippen molar-refractivity contribution in [3.05, 3.63) is 53.6 Å². The van der Waals surface area contributed by atoms with Gasteiger partial charge in [0.25, 0.3) is 0 Å². The van der Waals surface area contributed by atoms with Crippen molar-refractivity contribution < 1.29 is 4.79 Å². The number of benzene rings is 1. The zero-order valence-corrected chi connectivity index (χ0v) is 15.0. The predicted octanol–water partition coefficient (Wildman–Crippen LogP) is 3.65. The Kier molecular flexibility index (Phi) is 4.70. The largest absolute Gasteiger partial charge is 0.331 e. The summed E-state index contributed by atoms with van der Waals surface area (Å²) in [6, 6.07) is 7.77. The number of nitrogens with one attached hydrogen (secondary N) is 2. The third-order valence-electron chi connectivity index (χ3n) is 4.46. The molecule has 2 N–H and O–H groups in total. The van der Waals surface area contributed by atoms with Gasteiger partial charge in [0.1, 0.15) is 5.82 Å². The van der Waals surface area contributed by atoms with Gasteiger partial charge in [-0.3, -0.25) is 9.89 Å². The normalized spacial score (nSPS) is 12.2. The molecular formula is C19H23N5O. The molecule has 0 saturated heterocycles. The highest BCUT2D eigenvalue weighted by Crippen LogP contribution is 2.25. The summed E-state index contributed by atoms with van der Waals surface area (Å²) < 4.78 is 2.07. The molecular weight excluding hydrogens is 314 g/mol. The van der Waals surface area contributed by atoms with E-state index in [0.29, 0.717) is 0 Å². The molecule has 0 aliphatic carbocycles. The van der Waals surface area contributed by atoms with E-state index < -0.39 is 0 Å². The van der Waals surface area contributed by atoms with Gasteiger partial charge in [-0.1, -0.05) is 12.1 Å². The van der Waals surface area contributed by atoms with Gasteiger partial charge in [-0.05, 0) is 39.8 Å². The topological polar surface area (TPSA) is 75.6 Å². The summed E-state index contributed by atoms with van der Waals surface area (Å²) in [6.45, 7) is 8.67. The number of amides is 1. The molecule has 0 aliphatic heterocycles. The van der Waals surface area contributed by atoms with Gasteiger partial charge in [0.2, 0.25) is 5.91 Å². The Morgan fingerprint density at radius 3 is 2.84 bits per heavy atom. The summed E-state index contributed by atoms with van der Waals surface area (Å²) in [5.41, 5.74) is 4.49. The van der Waals surface area contributed by atoms with Crippen LogP contribution in [0.5, 0.6) is 0 Å². The number of nitrogens with zero attached hydrogens (tertiary/aromatic N) is 3. The first-order valence-corrected chi connectivity index (χ1v) is 8.45. The summed E-state index contributed by atoms with van der Waals surface area (Å²) in [4.78, 5) is 17.1. The first kappa shape index (κ1) is 17.0. The van der Waals surface area contributed by atoms with Gasteiger partial charge in [0.15, 0.2) is 0 Å². The molecule has 0 spiro atoms. The SMILES string of the molecule is CCn1ccnc1-c1cccc(NC(=O)[C@H](C)c2c(C)n[nH]c2C)c1. The molecule has 2 aromatic heterocycles. The fraction of sp³-hybridized carbons (Fsp3) is 0.316. The van der Waals surface area contributed by atoms with Crippen molar-refractivity contribution in [2.75, 3.05) is 5.32 Å². The van der Waals surface area contributed by atoms with Crippen molar-refractivity contribution in [2.24, 2.45) is 0 Å². The second-order valence-electron chi connectivity index (χ2n) is 6.18. The van der Waals surface area contributed by atoms with E-state index in [1.54, 1.807) is 6.20 Å². The maximum absolute atomic E-state index is 12.7. The third kappa shape index (κ3) is 3.33. The highest BCUT2D eigenvalue weighted by Gasteiger charge is 2.21. The number of carbonyl (C=O) groups is 1. The number of carbonyl (C=O) groups excluding carboxylic acids is 1. The highest BCUT2D eigenvalue weighted by atomic mass is 16.1. The molecule has 0 aliphatic rings. The minimum Gasteiger partial charge on any atom is -0.331 e. The Morgan fingerprint density at radius 1 is 1.36 bits per heavy atom. The predicted molar refractivity (Wildman–Crippen MR) is 98.4 cm³/mol. The molecule has 0 saturated carbocycles. The van der Waals surface area contributed by atoms with Crippen LogP contribution in [0.3, 0.4) is 0 Å². The smallest absolute Gasteiger partial charge is 0.231 e. The van der Waals surface area contributed by atoms with Crippen LogP contribution in [-0.2, 0) is 11.3 Å². The van der Waals surface area contributed by atoms with E-state index in [1.165, 1.54) is 0 Å². The van der Waals surface area contributed by atoms with E-state index in [2.05, 4.69) is 32.0 Å². The Bertz CT molecular complexity index is 873. The van der Waals surface area contributed by atoms with Gasteiger partial charge in [0.05, 0.1) is 11.6 Å². The molecule has 0 fully saturated rings. The fourth-order valence-electron chi connectivity index (χ4n) is 3.14. The molecule has 6 nitrogen and oxygen atoms in total. The minimum atomic E-state index is -0.278. The number of aromatic nitrogens is 4. The number of imidazole rings is 1. The summed E-state index contributed by atoms with van der Waals surface area (Å²) in [7, 11) is 0. The zero-order chi connectivity index (χ0) is 18.0. The molecule has 25 heavy (non-hydrogen) atoms. The van der Waals surface area contributed by atoms with E-state index in [4.69, 9.17) is 0 Å². The number of aryl methyl sites for hydroxylation is 3. The van der Waals surface area contributed by atoms with E-state index in [-0.39, 0.29) is 11.8 Å². The van der Waals surface area contributed by atoms with E-state index in [1.807, 2.05) is 51.2 Å². The number of hydrogen-bond acceptors (Lipinski definition) is 3. The number of H-pyrrole nitrogens is 1. The van der Waals surface area contributed by atoms with E-state index >= 15 is 0 Å². The Labute approximate surface area is 147 Å². The summed E-state index contributed by atoms with van der Waals surface area (Å²) in [5, 5.41) is 10.1. The van der Waals surface area contributed by atoms with Crippen LogP contribution >= 0.6 is 0 Å². The monoisotopic (exact) mass is 337 g/mol. The highest BCUT2D eigenvalue weighted by molar-refractivity contribution is 5.96. The van der Waals surface area contributed by atoms with Crippen molar-refractivity contribution in [2.45, 2.75) is 40.2 Å². The van der Waals surface area contributed by atoms with Crippen LogP contribution in [0.4, 0.5) is 5.69 Å². The Morgan fingerprint density at radius 2 is 2.16 bits per heavy atom. The molecule has 130 valence electrons. The fourth-order valence-corrected chi connectivity index (χ4v) is 3.14. The molecule has 3 aromatic rings. The van der Waals surface area contributed by atoms with Crippen LogP contribution in [0.15, 0.2) is 36.7 Å². The maximum atomic E-state index is 12.7. The summed E-state index contributed by atoms with van der Waals surface area (Å²) >= 11 is 0. The first-order valence-electron chi connectivity index (χ1n) is 8.45. The van der Waals surface area contributed by atoms with Gasteiger partial charge < -0.3 is 9.88 Å².